The molecule has 2 heterocycles. The second kappa shape index (κ2) is 5.48. The van der Waals surface area contributed by atoms with Crippen molar-refractivity contribution in [2.24, 2.45) is 0 Å². The summed E-state index contributed by atoms with van der Waals surface area (Å²) in [6, 6.07) is 5.88. The number of aryl methyl sites for hydroxylation is 1. The zero-order chi connectivity index (χ0) is 15.9. The second-order valence-corrected chi connectivity index (χ2v) is 5.89. The van der Waals surface area contributed by atoms with Crippen molar-refractivity contribution < 1.29 is 9.13 Å². The van der Waals surface area contributed by atoms with Crippen molar-refractivity contribution in [3.63, 3.8) is 0 Å². The van der Waals surface area contributed by atoms with E-state index in [-0.39, 0.29) is 5.82 Å². The lowest BCUT2D eigenvalue weighted by Crippen LogP contribution is -2.04. The summed E-state index contributed by atoms with van der Waals surface area (Å²) in [4.78, 5) is 0. The maximum atomic E-state index is 15.0. The number of hydrogen-bond acceptors (Lipinski definition) is 1. The summed E-state index contributed by atoms with van der Waals surface area (Å²) in [5.74, 6) is 0.492. The van der Waals surface area contributed by atoms with Crippen LogP contribution in [-0.2, 0) is 11.3 Å². The highest BCUT2D eigenvalue weighted by Gasteiger charge is 2.24. The van der Waals surface area contributed by atoms with E-state index in [1.807, 2.05) is 49.6 Å². The average molecular weight is 297 g/mol. The van der Waals surface area contributed by atoms with Gasteiger partial charge in [-0.2, -0.15) is 0 Å². The van der Waals surface area contributed by atoms with Gasteiger partial charge in [-0.15, -0.1) is 0 Å². The van der Waals surface area contributed by atoms with E-state index >= 15 is 4.39 Å². The topological polar surface area (TPSA) is 14.2 Å². The van der Waals surface area contributed by atoms with Crippen molar-refractivity contribution in [3.8, 4) is 0 Å². The van der Waals surface area contributed by atoms with Gasteiger partial charge in [0, 0.05) is 11.0 Å². The van der Waals surface area contributed by atoms with Crippen molar-refractivity contribution in [3.05, 3.63) is 65.3 Å². The zero-order valence-electron chi connectivity index (χ0n) is 13.2. The standard InChI is InChI=1S/C19H20FNO/c1-5-14-17(10-12(2)3)22-9-8-21-16-7-6-13(4)11-15(16)18(20)19(14)21/h5-7,10-11H,1,8-9H2,2-4H3. The smallest absolute Gasteiger partial charge is 0.156 e. The van der Waals surface area contributed by atoms with Gasteiger partial charge in [0.05, 0.1) is 17.8 Å². The van der Waals surface area contributed by atoms with E-state index in [1.165, 1.54) is 0 Å². The van der Waals surface area contributed by atoms with Gasteiger partial charge in [-0.05, 0) is 39.0 Å². The minimum absolute atomic E-state index is 0.196. The van der Waals surface area contributed by atoms with E-state index in [9.17, 15) is 0 Å². The lowest BCUT2D eigenvalue weighted by molar-refractivity contribution is 0.219. The largest absolute Gasteiger partial charge is 0.491 e. The van der Waals surface area contributed by atoms with Gasteiger partial charge in [-0.25, -0.2) is 4.39 Å². The maximum Gasteiger partial charge on any atom is 0.156 e. The van der Waals surface area contributed by atoms with Gasteiger partial charge in [0.1, 0.15) is 12.4 Å². The molecule has 0 unspecified atom stereocenters. The summed E-state index contributed by atoms with van der Waals surface area (Å²) in [5.41, 5.74) is 4.34. The first kappa shape index (κ1) is 14.6. The summed E-state index contributed by atoms with van der Waals surface area (Å²) in [7, 11) is 0. The minimum Gasteiger partial charge on any atom is -0.491 e. The van der Waals surface area contributed by atoms with Crippen LogP contribution in [0.4, 0.5) is 4.39 Å². The fourth-order valence-corrected chi connectivity index (χ4v) is 2.94. The first-order valence-corrected chi connectivity index (χ1v) is 7.46. The third kappa shape index (κ3) is 2.27. The predicted octanol–water partition coefficient (Wildman–Crippen LogP) is 4.98. The number of halogens is 1. The molecule has 0 atom stereocenters. The molecule has 1 aromatic carbocycles. The summed E-state index contributed by atoms with van der Waals surface area (Å²) in [6.45, 7) is 11.0. The Morgan fingerprint density at radius 1 is 1.36 bits per heavy atom. The number of rotatable bonds is 2. The van der Waals surface area contributed by atoms with Crippen LogP contribution in [0.5, 0.6) is 0 Å². The molecule has 0 bridgehead atoms. The molecule has 2 aromatic rings. The van der Waals surface area contributed by atoms with E-state index in [2.05, 4.69) is 6.58 Å². The molecule has 1 aliphatic rings. The molecule has 0 amide bonds. The summed E-state index contributed by atoms with van der Waals surface area (Å²) in [5, 5.41) is 0.660. The number of fused-ring (bicyclic) bond motifs is 3. The first-order chi connectivity index (χ1) is 10.5. The van der Waals surface area contributed by atoms with Gasteiger partial charge in [0.15, 0.2) is 5.82 Å². The molecule has 22 heavy (non-hydrogen) atoms. The number of ether oxygens (including phenoxy) is 1. The van der Waals surface area contributed by atoms with Crippen molar-refractivity contribution in [2.75, 3.05) is 6.61 Å². The SMILES string of the molecule is C=CC1=C(C=C(C)C)OCCn2c1c(F)c1cc(C)ccc12. The van der Waals surface area contributed by atoms with Gasteiger partial charge >= 0.3 is 0 Å². The molecule has 0 radical (unpaired) electrons. The third-order valence-electron chi connectivity index (χ3n) is 3.87. The molecule has 1 aliphatic heterocycles. The van der Waals surface area contributed by atoms with Crippen molar-refractivity contribution in [1.82, 2.24) is 4.57 Å². The number of aromatic nitrogens is 1. The Balaban J connectivity index is 2.38. The van der Waals surface area contributed by atoms with Crippen molar-refractivity contribution in [1.29, 1.82) is 0 Å². The second-order valence-electron chi connectivity index (χ2n) is 5.89. The fourth-order valence-electron chi connectivity index (χ4n) is 2.94. The molecular weight excluding hydrogens is 277 g/mol. The molecular formula is C19H20FNO. The van der Waals surface area contributed by atoms with Crippen LogP contribution in [0, 0.1) is 12.7 Å². The maximum absolute atomic E-state index is 15.0. The monoisotopic (exact) mass is 297 g/mol. The number of benzene rings is 1. The molecule has 2 nitrogen and oxygen atoms in total. The molecule has 114 valence electrons. The lowest BCUT2D eigenvalue weighted by Gasteiger charge is -2.07. The molecule has 0 N–H and O–H groups in total. The molecule has 0 saturated heterocycles. The van der Waals surface area contributed by atoms with Crippen LogP contribution in [0.3, 0.4) is 0 Å². The number of allylic oxidation sites excluding steroid dienone is 4. The van der Waals surface area contributed by atoms with Crippen LogP contribution in [0.15, 0.2) is 48.3 Å². The Bertz CT molecular complexity index is 820. The minimum atomic E-state index is -0.196. The van der Waals surface area contributed by atoms with E-state index in [0.29, 0.717) is 35.6 Å². The van der Waals surface area contributed by atoms with Gasteiger partial charge in [-0.1, -0.05) is 29.9 Å². The van der Waals surface area contributed by atoms with Crippen LogP contribution >= 0.6 is 0 Å². The van der Waals surface area contributed by atoms with Crippen molar-refractivity contribution in [2.45, 2.75) is 27.3 Å². The summed E-state index contributed by atoms with van der Waals surface area (Å²) >= 11 is 0. The Kier molecular flexibility index (Phi) is 3.65. The Morgan fingerprint density at radius 3 is 2.82 bits per heavy atom. The van der Waals surface area contributed by atoms with Gasteiger partial charge in [0.2, 0.25) is 0 Å². The van der Waals surface area contributed by atoms with Gasteiger partial charge in [0.25, 0.3) is 0 Å². The van der Waals surface area contributed by atoms with Gasteiger partial charge in [-0.3, -0.25) is 0 Å². The summed E-state index contributed by atoms with van der Waals surface area (Å²) < 4.78 is 22.9. The van der Waals surface area contributed by atoms with Crippen LogP contribution in [0.2, 0.25) is 0 Å². The number of nitrogens with zero attached hydrogens (tertiary/aromatic N) is 1. The highest BCUT2D eigenvalue weighted by Crippen LogP contribution is 2.34. The van der Waals surface area contributed by atoms with Crippen LogP contribution < -0.4 is 0 Å². The van der Waals surface area contributed by atoms with Crippen LogP contribution in [-0.4, -0.2) is 11.2 Å². The first-order valence-electron chi connectivity index (χ1n) is 7.46. The van der Waals surface area contributed by atoms with E-state index in [4.69, 9.17) is 4.74 Å². The molecule has 0 fully saturated rings. The normalized spacial score (nSPS) is 14.4. The van der Waals surface area contributed by atoms with E-state index in [0.717, 1.165) is 16.7 Å². The van der Waals surface area contributed by atoms with Crippen LogP contribution in [0.25, 0.3) is 16.5 Å². The Labute approximate surface area is 130 Å². The zero-order valence-corrected chi connectivity index (χ0v) is 13.2. The third-order valence-corrected chi connectivity index (χ3v) is 3.87. The fraction of sp³-hybridized carbons (Fsp3) is 0.263. The summed E-state index contributed by atoms with van der Waals surface area (Å²) in [6.07, 6.45) is 3.62. The molecule has 0 aliphatic carbocycles. The van der Waals surface area contributed by atoms with E-state index in [1.54, 1.807) is 6.08 Å². The molecule has 0 saturated carbocycles. The van der Waals surface area contributed by atoms with Crippen molar-refractivity contribution >= 4 is 16.5 Å². The molecule has 3 rings (SSSR count). The molecule has 1 aromatic heterocycles. The van der Waals surface area contributed by atoms with Gasteiger partial charge < -0.3 is 9.30 Å². The highest BCUT2D eigenvalue weighted by molar-refractivity contribution is 5.90. The highest BCUT2D eigenvalue weighted by atomic mass is 19.1. The Hall–Kier alpha value is -2.29. The quantitative estimate of drug-likeness (QED) is 0.762. The Morgan fingerprint density at radius 2 is 2.14 bits per heavy atom. The predicted molar refractivity (Wildman–Crippen MR) is 89.1 cm³/mol. The average Bonchev–Trinajstić information content (AvgIpc) is 2.63. The lowest BCUT2D eigenvalue weighted by atomic mass is 10.1. The number of hydrogen-bond donors (Lipinski definition) is 0. The van der Waals surface area contributed by atoms with Crippen LogP contribution in [0.1, 0.15) is 25.1 Å². The molecule has 0 spiro atoms. The van der Waals surface area contributed by atoms with E-state index < -0.39 is 0 Å². The molecule has 3 heteroatoms.